The fraction of sp³-hybridized carbons (Fsp3) is 0.577. The van der Waals surface area contributed by atoms with Gasteiger partial charge in [0.05, 0.1) is 35.5 Å². The molecule has 454 valence electrons. The van der Waals surface area contributed by atoms with E-state index in [9.17, 15) is 41.0 Å². The van der Waals surface area contributed by atoms with Gasteiger partial charge in [0.25, 0.3) is 0 Å². The molecule has 0 aliphatic carbocycles. The number of halogens is 6. The van der Waals surface area contributed by atoms with Crippen LogP contribution in [0.15, 0.2) is 48.5 Å². The van der Waals surface area contributed by atoms with Gasteiger partial charge in [-0.1, -0.05) is 53.7 Å². The van der Waals surface area contributed by atoms with Crippen LogP contribution in [0.4, 0.5) is 35.9 Å². The molecule has 2 aromatic rings. The molecule has 0 saturated carbocycles. The van der Waals surface area contributed by atoms with E-state index in [-0.39, 0.29) is 115 Å². The van der Waals surface area contributed by atoms with E-state index in [4.69, 9.17) is 45.9 Å². The molecule has 1 N–H and O–H groups in total. The summed E-state index contributed by atoms with van der Waals surface area (Å²) in [5.41, 5.74) is -1.86. The Morgan fingerprint density at radius 3 is 1.34 bits per heavy atom. The first-order valence-electron chi connectivity index (χ1n) is 23.7. The second-order valence-corrected chi connectivity index (χ2v) is 15.6. The number of benzene rings is 2. The number of aliphatic hydroxyl groups excluding tert-OH is 1. The summed E-state index contributed by atoms with van der Waals surface area (Å²) in [6, 6.07) is 7.82. The zero-order chi connectivity index (χ0) is 58.0. The van der Waals surface area contributed by atoms with Crippen molar-refractivity contribution in [3.8, 4) is 11.5 Å². The number of alkyl halides is 6. The standard InChI is InChI=1S/C17H19F3NO6P.C14H15F3O5.C3H6NOP.6C3H7.3Ni/c1-11-8-14(27-28-24-7-6-21-2)15(25-11)10-23-16(22)26-13-5-3-4-12(9-13)17(18,19)20;1-8-5-11(18)12(21-8)7-20-13(19)22-10-4-2-3-9(6-10)14(15,16)17;1-4-2-3-5-6;6*1-3-2;;;/h3-5,9,11,14-15,28H,6-8,10H2,1H3;2-4,6,8,11-12,18H,5,7H2,1H3;2-3,6H2;6*1,3H2,2H3;;;/q;;;6*-1;3*+2/t11-,14+,15+;8-,11+,12+;;;;;;;;;;/m00........../s1. The van der Waals surface area contributed by atoms with Gasteiger partial charge in [-0.25, -0.2) is 22.7 Å². The molecule has 2 unspecified atom stereocenters. The number of carbonyl (C=O) groups is 2. The molecule has 77 heavy (non-hydrogen) atoms. The van der Waals surface area contributed by atoms with Gasteiger partial charge >= 0.3 is 74.1 Å². The van der Waals surface area contributed by atoms with Crippen molar-refractivity contribution < 1.29 is 133 Å². The third kappa shape index (κ3) is 56.7. The first-order valence-corrected chi connectivity index (χ1v) is 25.0. The van der Waals surface area contributed by atoms with Crippen molar-refractivity contribution >= 4 is 30.8 Å². The van der Waals surface area contributed by atoms with Gasteiger partial charge in [-0.15, -0.1) is 0 Å². The number of hydrogen-bond donors (Lipinski definition) is 1. The molecule has 2 aliphatic rings. The molecule has 0 radical (unpaired) electrons. The number of carbonyl (C=O) groups excluding carboxylic acids is 2. The van der Waals surface area contributed by atoms with Gasteiger partial charge < -0.3 is 98.3 Å². The summed E-state index contributed by atoms with van der Waals surface area (Å²) in [4.78, 5) is 29.4. The number of rotatable bonds is 13. The number of ether oxygens (including phenoxy) is 6. The summed E-state index contributed by atoms with van der Waals surface area (Å²) >= 11 is 0. The molecular weight excluding hydrogens is 1200 g/mol. The molecule has 2 heterocycles. The summed E-state index contributed by atoms with van der Waals surface area (Å²) in [7, 11) is 1.81. The van der Waals surface area contributed by atoms with Crippen LogP contribution in [0.3, 0.4) is 0 Å². The summed E-state index contributed by atoms with van der Waals surface area (Å²) in [5, 5.41) is 9.61. The summed E-state index contributed by atoms with van der Waals surface area (Å²) in [6.07, 6.45) is -6.99. The van der Waals surface area contributed by atoms with Crippen LogP contribution < -0.4 is 9.47 Å². The van der Waals surface area contributed by atoms with Gasteiger partial charge in [0.2, 0.25) is 13.1 Å². The maximum Gasteiger partial charge on any atom is 2.00 e. The average Bonchev–Trinajstić information content (AvgIpc) is 3.86. The zero-order valence-electron chi connectivity index (χ0n) is 45.4. The van der Waals surface area contributed by atoms with Gasteiger partial charge in [-0.3, -0.25) is 0 Å². The van der Waals surface area contributed by atoms with E-state index in [1.807, 2.05) is 48.5 Å². The zero-order valence-corrected chi connectivity index (χ0v) is 50.5. The first kappa shape index (κ1) is 91.1. The summed E-state index contributed by atoms with van der Waals surface area (Å²) < 4.78 is 121. The third-order valence-corrected chi connectivity index (χ3v) is 8.09. The van der Waals surface area contributed by atoms with Crippen LogP contribution in [0.5, 0.6) is 11.5 Å². The van der Waals surface area contributed by atoms with E-state index in [0.717, 1.165) is 62.8 Å². The summed E-state index contributed by atoms with van der Waals surface area (Å²) in [6.45, 7) is 50.6. The fourth-order valence-corrected chi connectivity index (χ4v) is 5.35. The molecular formula is C52H82F6N2Ni3O12P2. The van der Waals surface area contributed by atoms with E-state index < -0.39 is 54.1 Å². The predicted octanol–water partition coefficient (Wildman–Crippen LogP) is 15.1. The Kier molecular flexibility index (Phi) is 72.5. The van der Waals surface area contributed by atoms with Gasteiger partial charge in [-0.2, -0.15) is 64.9 Å². The van der Waals surface area contributed by atoms with Crippen LogP contribution in [-0.4, -0.2) is 93.6 Å². The van der Waals surface area contributed by atoms with Gasteiger partial charge in [-0.05, 0) is 50.2 Å². The second-order valence-electron chi connectivity index (χ2n) is 14.6. The molecule has 0 bridgehead atoms. The molecule has 2 aromatic carbocycles. The predicted molar refractivity (Wildman–Crippen MR) is 282 cm³/mol. The van der Waals surface area contributed by atoms with Crippen LogP contribution in [0.1, 0.15) is 118 Å². The van der Waals surface area contributed by atoms with Gasteiger partial charge in [0.1, 0.15) is 50.1 Å². The van der Waals surface area contributed by atoms with Crippen molar-refractivity contribution in [1.29, 1.82) is 0 Å². The molecule has 25 heteroatoms. The van der Waals surface area contributed by atoms with Crippen molar-refractivity contribution in [3.63, 3.8) is 0 Å². The van der Waals surface area contributed by atoms with Crippen LogP contribution in [0.2, 0.25) is 0 Å². The van der Waals surface area contributed by atoms with Crippen molar-refractivity contribution in [2.45, 2.75) is 156 Å². The Morgan fingerprint density at radius 1 is 0.662 bits per heavy atom. The van der Waals surface area contributed by atoms with E-state index in [1.54, 1.807) is 6.92 Å². The van der Waals surface area contributed by atoms with E-state index in [0.29, 0.717) is 38.1 Å². The van der Waals surface area contributed by atoms with E-state index in [1.165, 1.54) is 12.1 Å². The minimum Gasteiger partial charge on any atom is -0.431 e. The maximum atomic E-state index is 12.7. The van der Waals surface area contributed by atoms with Crippen molar-refractivity contribution in [1.82, 2.24) is 0 Å². The Balaban J connectivity index is -0.000000143. The quantitative estimate of drug-likeness (QED) is 0.0387. The number of nitrogens with zero attached hydrogens (tertiary/aromatic N) is 2. The Bertz CT molecular complexity index is 1710. The van der Waals surface area contributed by atoms with E-state index >= 15 is 0 Å². The maximum absolute atomic E-state index is 12.7. The Morgan fingerprint density at radius 2 is 1.01 bits per heavy atom. The van der Waals surface area contributed by atoms with Crippen molar-refractivity contribution in [2.75, 3.05) is 39.5 Å². The molecule has 2 aliphatic heterocycles. The minimum absolute atomic E-state index is 0. The summed E-state index contributed by atoms with van der Waals surface area (Å²) in [5.74, 6) is -0.552. The van der Waals surface area contributed by atoms with Crippen LogP contribution in [0.25, 0.3) is 9.69 Å². The molecule has 0 spiro atoms. The first-order chi connectivity index (χ1) is 34.9. The van der Waals surface area contributed by atoms with Crippen molar-refractivity contribution in [2.24, 2.45) is 0 Å². The van der Waals surface area contributed by atoms with Crippen LogP contribution in [-0.2, 0) is 94.3 Å². The van der Waals surface area contributed by atoms with Crippen molar-refractivity contribution in [3.05, 3.63) is 124 Å². The SMILES string of the molecule is C[C@H]1C[C@@H](O)[C@@H](COC(=O)Oc2cccc(C(F)(F)F)c2)O1.[C-]#[N+]CCOP.[C-]#[N+]CCOPO[C@@H]1C[C@H](C)O[C@@H]1COC(=O)Oc1cccc(C(F)(F)F)c1.[CH2-]CC.[CH2-]CC.[CH2-]CC.[CH2-]CC.[CH2-]CC.[CH2-]CC.[Ni+2].[Ni+2].[Ni+2]. The molecule has 14 nitrogen and oxygen atoms in total. The Hall–Kier alpha value is -2.36. The van der Waals surface area contributed by atoms with Gasteiger partial charge in [0.15, 0.2) is 9.03 Å². The molecule has 0 aromatic heterocycles. The van der Waals surface area contributed by atoms with E-state index in [2.05, 4.69) is 70.0 Å². The second kappa shape index (κ2) is 61.3. The number of hydrogen-bond acceptors (Lipinski definition) is 12. The fourth-order valence-electron chi connectivity index (χ4n) is 4.63. The van der Waals surface area contributed by atoms with Crippen LogP contribution >= 0.6 is 18.5 Å². The Labute approximate surface area is 491 Å². The molecule has 4 rings (SSSR count). The largest absolute Gasteiger partial charge is 2.00 e. The minimum atomic E-state index is -4.54. The molecule has 2 fully saturated rings. The van der Waals surface area contributed by atoms with Crippen LogP contribution in [0, 0.1) is 54.7 Å². The number of aliphatic hydroxyl groups is 1. The smallest absolute Gasteiger partial charge is 0.431 e. The van der Waals surface area contributed by atoms with Gasteiger partial charge in [0, 0.05) is 22.3 Å². The monoisotopic (exact) mass is 1280 g/mol. The average molecular weight is 1280 g/mol. The molecule has 8 atom stereocenters. The molecule has 2 saturated heterocycles. The molecule has 0 amide bonds. The normalized spacial score (nSPS) is 17.2. The topological polar surface area (TPSA) is 146 Å². The third-order valence-electron chi connectivity index (χ3n) is 7.14.